The van der Waals surface area contributed by atoms with Crippen LogP contribution in [0.25, 0.3) is 0 Å². The van der Waals surface area contributed by atoms with Gasteiger partial charge in [0.25, 0.3) is 11.8 Å². The lowest BCUT2D eigenvalue weighted by molar-refractivity contribution is -0.882. The lowest BCUT2D eigenvalue weighted by Gasteiger charge is -2.25. The first-order valence-electron chi connectivity index (χ1n) is 10.8. The number of carbonyl (C=O) groups is 2. The summed E-state index contributed by atoms with van der Waals surface area (Å²) in [5.41, 5.74) is 2.74. The van der Waals surface area contributed by atoms with Gasteiger partial charge in [-0.2, -0.15) is 5.10 Å². The van der Waals surface area contributed by atoms with Crippen molar-refractivity contribution in [1.29, 1.82) is 0 Å². The van der Waals surface area contributed by atoms with Crippen LogP contribution in [0.2, 0.25) is 0 Å². The van der Waals surface area contributed by atoms with E-state index in [9.17, 15) is 9.59 Å². The molecule has 7 nitrogen and oxygen atoms in total. The molecule has 0 aliphatic carbocycles. The minimum absolute atomic E-state index is 0.0648. The third-order valence-corrected chi connectivity index (χ3v) is 5.25. The van der Waals surface area contributed by atoms with E-state index in [2.05, 4.69) is 10.4 Å². The number of rotatable bonds is 7. The molecule has 0 saturated heterocycles. The molecule has 0 bridgehead atoms. The monoisotopic (exact) mass is 425 g/mol. The Morgan fingerprint density at radius 2 is 1.90 bits per heavy atom. The maximum atomic E-state index is 13.2. The van der Waals surface area contributed by atoms with E-state index in [-0.39, 0.29) is 36.5 Å². The molecule has 2 heterocycles. The summed E-state index contributed by atoms with van der Waals surface area (Å²) in [6.45, 7) is 10.9. The number of hydrazone groups is 1. The summed E-state index contributed by atoms with van der Waals surface area (Å²) in [6.07, 6.45) is 2.20. The van der Waals surface area contributed by atoms with Gasteiger partial charge in [-0.05, 0) is 52.3 Å². The van der Waals surface area contributed by atoms with Gasteiger partial charge >= 0.3 is 0 Å². The average molecular weight is 426 g/mol. The molecule has 0 fully saturated rings. The first kappa shape index (κ1) is 22.7. The molecule has 2 N–H and O–H groups in total. The molecule has 0 spiro atoms. The Labute approximate surface area is 184 Å². The van der Waals surface area contributed by atoms with Gasteiger partial charge in [-0.25, -0.2) is 5.01 Å². The normalized spacial score (nSPS) is 17.4. The summed E-state index contributed by atoms with van der Waals surface area (Å²) in [5, 5.41) is 9.17. The standard InChI is InChI=1S/C24H32N4O3/c1-6-27(15-22(29)25-24(3,4)5)16-23(30)28-20(21-8-7-13-31-21)14-19(26-28)18-11-9-17(2)10-12-18/h7-13,20H,6,14-16H2,1-5H3,(H,25,29)/p+1/t20-/m0/s1. The van der Waals surface area contributed by atoms with Gasteiger partial charge in [-0.3, -0.25) is 9.59 Å². The van der Waals surface area contributed by atoms with Crippen LogP contribution >= 0.6 is 0 Å². The van der Waals surface area contributed by atoms with E-state index >= 15 is 0 Å². The van der Waals surface area contributed by atoms with Gasteiger partial charge in [0.1, 0.15) is 11.8 Å². The molecule has 31 heavy (non-hydrogen) atoms. The number of furan rings is 1. The molecule has 0 saturated carbocycles. The molecular formula is C24H33N4O3+. The number of aryl methyl sites for hydroxylation is 1. The molecule has 1 aromatic heterocycles. The maximum absolute atomic E-state index is 13.2. The highest BCUT2D eigenvalue weighted by Crippen LogP contribution is 2.32. The Bertz CT molecular complexity index is 927. The molecule has 1 aliphatic heterocycles. The lowest BCUT2D eigenvalue weighted by atomic mass is 10.0. The first-order valence-corrected chi connectivity index (χ1v) is 10.8. The van der Waals surface area contributed by atoms with Crippen molar-refractivity contribution in [2.45, 2.75) is 52.6 Å². The van der Waals surface area contributed by atoms with Gasteiger partial charge in [-0.15, -0.1) is 0 Å². The predicted octanol–water partition coefficient (Wildman–Crippen LogP) is 2.09. The Hall–Kier alpha value is -2.93. The van der Waals surface area contributed by atoms with Crippen molar-refractivity contribution >= 4 is 17.5 Å². The van der Waals surface area contributed by atoms with Crippen molar-refractivity contribution in [3.63, 3.8) is 0 Å². The number of carbonyl (C=O) groups excluding carboxylic acids is 2. The zero-order valence-electron chi connectivity index (χ0n) is 19.1. The zero-order valence-corrected chi connectivity index (χ0v) is 19.1. The van der Waals surface area contributed by atoms with Crippen LogP contribution in [0.4, 0.5) is 0 Å². The molecule has 2 aromatic rings. The fourth-order valence-electron chi connectivity index (χ4n) is 3.66. The smallest absolute Gasteiger partial charge is 0.298 e. The van der Waals surface area contributed by atoms with Crippen LogP contribution in [0.5, 0.6) is 0 Å². The summed E-state index contributed by atoms with van der Waals surface area (Å²) in [5.74, 6) is 0.525. The third-order valence-electron chi connectivity index (χ3n) is 5.25. The molecule has 0 radical (unpaired) electrons. The Balaban J connectivity index is 1.76. The minimum atomic E-state index is -0.299. The highest BCUT2D eigenvalue weighted by molar-refractivity contribution is 6.03. The molecule has 3 rings (SSSR count). The quantitative estimate of drug-likeness (QED) is 0.713. The lowest BCUT2D eigenvalue weighted by Crippen LogP contribution is -3.14. The van der Waals surface area contributed by atoms with E-state index in [1.807, 2.05) is 71.0 Å². The second-order valence-electron chi connectivity index (χ2n) is 9.14. The fraction of sp³-hybridized carbons (Fsp3) is 0.458. The minimum Gasteiger partial charge on any atom is -0.467 e. The molecule has 7 heteroatoms. The van der Waals surface area contributed by atoms with Gasteiger partial charge in [0, 0.05) is 12.0 Å². The van der Waals surface area contributed by atoms with Crippen LogP contribution in [0.1, 0.15) is 57.0 Å². The van der Waals surface area contributed by atoms with E-state index in [1.54, 1.807) is 6.26 Å². The van der Waals surface area contributed by atoms with Crippen LogP contribution in [-0.2, 0) is 9.59 Å². The molecule has 1 aromatic carbocycles. The first-order chi connectivity index (χ1) is 14.7. The number of nitrogens with one attached hydrogen (secondary N) is 2. The predicted molar refractivity (Wildman–Crippen MR) is 120 cm³/mol. The van der Waals surface area contributed by atoms with E-state index in [0.717, 1.165) is 16.2 Å². The van der Waals surface area contributed by atoms with E-state index in [1.165, 1.54) is 10.6 Å². The number of hydrogen-bond donors (Lipinski definition) is 2. The summed E-state index contributed by atoms with van der Waals surface area (Å²) in [4.78, 5) is 26.5. The second kappa shape index (κ2) is 9.47. The van der Waals surface area contributed by atoms with Gasteiger partial charge in [0.05, 0.1) is 18.5 Å². The number of hydrogen-bond acceptors (Lipinski definition) is 4. The third kappa shape index (κ3) is 6.04. The van der Waals surface area contributed by atoms with Crippen molar-refractivity contribution in [3.05, 3.63) is 59.5 Å². The number of likely N-dealkylation sites (N-methyl/N-ethyl adjacent to an activating group) is 1. The maximum Gasteiger partial charge on any atom is 0.298 e. The number of quaternary nitrogens is 1. The molecule has 2 amide bonds. The van der Waals surface area contributed by atoms with Gasteiger partial charge in [0.2, 0.25) is 0 Å². The van der Waals surface area contributed by atoms with Crippen molar-refractivity contribution in [3.8, 4) is 0 Å². The largest absolute Gasteiger partial charge is 0.467 e. The number of nitrogens with zero attached hydrogens (tertiary/aromatic N) is 2. The van der Waals surface area contributed by atoms with Gasteiger partial charge < -0.3 is 14.6 Å². The molecule has 1 unspecified atom stereocenters. The Morgan fingerprint density at radius 3 is 2.48 bits per heavy atom. The van der Waals surface area contributed by atoms with Crippen LogP contribution in [0.15, 0.2) is 52.2 Å². The summed E-state index contributed by atoms with van der Waals surface area (Å²) < 4.78 is 5.61. The van der Waals surface area contributed by atoms with Gasteiger partial charge in [-0.1, -0.05) is 29.8 Å². The van der Waals surface area contributed by atoms with Crippen molar-refractivity contribution in [2.24, 2.45) is 5.10 Å². The van der Waals surface area contributed by atoms with Crippen LogP contribution in [0.3, 0.4) is 0 Å². The van der Waals surface area contributed by atoms with Crippen LogP contribution < -0.4 is 10.2 Å². The Morgan fingerprint density at radius 1 is 1.19 bits per heavy atom. The second-order valence-corrected chi connectivity index (χ2v) is 9.14. The van der Waals surface area contributed by atoms with Crippen molar-refractivity contribution < 1.29 is 18.9 Å². The highest BCUT2D eigenvalue weighted by atomic mass is 16.3. The Kier molecular flexibility index (Phi) is 6.95. The summed E-state index contributed by atoms with van der Waals surface area (Å²) in [6, 6.07) is 11.6. The summed E-state index contributed by atoms with van der Waals surface area (Å²) >= 11 is 0. The van der Waals surface area contributed by atoms with E-state index < -0.39 is 0 Å². The highest BCUT2D eigenvalue weighted by Gasteiger charge is 2.36. The van der Waals surface area contributed by atoms with E-state index in [4.69, 9.17) is 4.42 Å². The number of benzene rings is 1. The molecule has 166 valence electrons. The zero-order chi connectivity index (χ0) is 22.6. The van der Waals surface area contributed by atoms with E-state index in [0.29, 0.717) is 18.7 Å². The van der Waals surface area contributed by atoms with Crippen molar-refractivity contribution in [1.82, 2.24) is 10.3 Å². The summed E-state index contributed by atoms with van der Waals surface area (Å²) in [7, 11) is 0. The van der Waals surface area contributed by atoms with Crippen molar-refractivity contribution in [2.75, 3.05) is 19.6 Å². The van der Waals surface area contributed by atoms with Gasteiger partial charge in [0.15, 0.2) is 13.1 Å². The SMILES string of the molecule is CC[NH+](CC(=O)NC(C)(C)C)CC(=O)N1N=C(c2ccc(C)cc2)C[C@H]1c1ccco1. The van der Waals surface area contributed by atoms with Crippen LogP contribution in [-0.4, -0.2) is 47.7 Å². The number of amides is 2. The fourth-order valence-corrected chi connectivity index (χ4v) is 3.66. The molecular weight excluding hydrogens is 392 g/mol. The van der Waals surface area contributed by atoms with Crippen LogP contribution in [0, 0.1) is 6.92 Å². The average Bonchev–Trinajstić information content (AvgIpc) is 3.36. The topological polar surface area (TPSA) is 79.4 Å². The molecule has 2 atom stereocenters. The molecule has 1 aliphatic rings.